The molecular weight excluding hydrogens is 797 g/mol. The van der Waals surface area contributed by atoms with E-state index >= 15 is 0 Å². The molecule has 0 amide bonds. The Labute approximate surface area is 385 Å². The molecule has 11 aromatic rings. The van der Waals surface area contributed by atoms with Gasteiger partial charge in [-0.3, -0.25) is 0 Å². The number of nitrogens with zero attached hydrogens (tertiary/aromatic N) is 2. The Morgan fingerprint density at radius 1 is 0.364 bits per heavy atom. The van der Waals surface area contributed by atoms with Crippen molar-refractivity contribution in [1.82, 2.24) is 4.57 Å². The minimum atomic E-state index is -0.541. The van der Waals surface area contributed by atoms with Gasteiger partial charge in [-0.15, -0.1) is 0 Å². The molecule has 2 aliphatic carbocycles. The molecule has 1 unspecified atom stereocenters. The number of aromatic nitrogens is 1. The van der Waals surface area contributed by atoms with Crippen LogP contribution in [0.1, 0.15) is 47.2 Å². The molecule has 0 saturated carbocycles. The molecule has 14 rings (SSSR count). The zero-order valence-corrected chi connectivity index (χ0v) is 36.8. The van der Waals surface area contributed by atoms with Gasteiger partial charge in [-0.05, 0) is 115 Å². The van der Waals surface area contributed by atoms with Crippen LogP contribution in [0.2, 0.25) is 0 Å². The van der Waals surface area contributed by atoms with Gasteiger partial charge in [0.2, 0.25) is 0 Å². The SMILES string of the molecule is CC1(C)c2ccccc2-c2cccc(N(c3ccc(-c4ccccc4)cc3)c3ccccc3-c3ccc4c(c3)C3(c5ccccc5-4)c4ccccc4-n4c5ccccc5c5cccc3c54)c21. The Kier molecular flexibility index (Phi) is 7.70. The van der Waals surface area contributed by atoms with Crippen LogP contribution >= 0.6 is 0 Å². The molecule has 2 heterocycles. The van der Waals surface area contributed by atoms with Gasteiger partial charge in [0.1, 0.15) is 0 Å². The van der Waals surface area contributed by atoms with Gasteiger partial charge in [0.05, 0.1) is 33.5 Å². The smallest absolute Gasteiger partial charge is 0.0754 e. The first-order chi connectivity index (χ1) is 32.5. The van der Waals surface area contributed by atoms with Gasteiger partial charge >= 0.3 is 0 Å². The lowest BCUT2D eigenvalue weighted by Gasteiger charge is -2.39. The summed E-state index contributed by atoms with van der Waals surface area (Å²) in [5.41, 5.74) is 24.5. The molecule has 10 aromatic carbocycles. The van der Waals surface area contributed by atoms with Crippen molar-refractivity contribution in [2.75, 3.05) is 4.90 Å². The fourth-order valence-corrected chi connectivity index (χ4v) is 12.5. The summed E-state index contributed by atoms with van der Waals surface area (Å²) in [6.45, 7) is 4.78. The number of fused-ring (bicyclic) bond motifs is 15. The fraction of sp³-hybridized carbons (Fsp3) is 0.0625. The van der Waals surface area contributed by atoms with Crippen molar-refractivity contribution in [3.63, 3.8) is 0 Å². The summed E-state index contributed by atoms with van der Waals surface area (Å²) in [6, 6.07) is 86.3. The largest absolute Gasteiger partial charge is 0.310 e. The molecule has 0 radical (unpaired) electrons. The number of hydrogen-bond acceptors (Lipinski definition) is 1. The van der Waals surface area contributed by atoms with Crippen LogP contribution < -0.4 is 4.90 Å². The van der Waals surface area contributed by atoms with Gasteiger partial charge in [-0.25, -0.2) is 0 Å². The molecule has 310 valence electrons. The van der Waals surface area contributed by atoms with Crippen LogP contribution in [0.5, 0.6) is 0 Å². The summed E-state index contributed by atoms with van der Waals surface area (Å²) in [7, 11) is 0. The van der Waals surface area contributed by atoms with E-state index in [9.17, 15) is 0 Å². The normalized spacial score (nSPS) is 15.6. The van der Waals surface area contributed by atoms with E-state index in [4.69, 9.17) is 0 Å². The van der Waals surface area contributed by atoms with Crippen LogP contribution in [-0.4, -0.2) is 4.57 Å². The molecule has 1 aromatic heterocycles. The highest BCUT2D eigenvalue weighted by Gasteiger charge is 2.51. The van der Waals surface area contributed by atoms with Gasteiger partial charge in [0.25, 0.3) is 0 Å². The first kappa shape index (κ1) is 37.2. The zero-order valence-electron chi connectivity index (χ0n) is 36.8. The van der Waals surface area contributed by atoms with Gasteiger partial charge < -0.3 is 9.47 Å². The molecule has 2 heteroatoms. The van der Waals surface area contributed by atoms with Crippen molar-refractivity contribution in [3.05, 3.63) is 264 Å². The number of anilines is 3. The maximum atomic E-state index is 2.54. The van der Waals surface area contributed by atoms with E-state index < -0.39 is 5.41 Å². The van der Waals surface area contributed by atoms with Crippen molar-refractivity contribution in [3.8, 4) is 50.2 Å². The summed E-state index contributed by atoms with van der Waals surface area (Å²) in [5, 5.41) is 2.57. The maximum Gasteiger partial charge on any atom is 0.0754 e. The molecule has 1 spiro atoms. The van der Waals surface area contributed by atoms with Crippen LogP contribution in [0.25, 0.3) is 72.0 Å². The second kappa shape index (κ2) is 13.7. The standard InChI is InChI=1S/C64H44N2/c1-63(2)52-26-10-6-22-47(52)50-24-17-33-60(61(50)63)65(44-37-34-42(35-38-44)41-18-4-3-5-19-41)57-30-13-8-20-45(57)43-36-39-48-46-21-7-11-27-53(46)64(56(48)40-43)54-28-12-15-32-59(54)66-58-31-14-9-23-49(58)51-25-16-29-55(64)62(51)66/h3-40H,1-2H3. The summed E-state index contributed by atoms with van der Waals surface area (Å²) in [6.07, 6.45) is 0. The Morgan fingerprint density at radius 3 is 1.76 bits per heavy atom. The number of benzene rings is 10. The van der Waals surface area contributed by atoms with E-state index in [-0.39, 0.29) is 5.41 Å². The molecule has 0 N–H and O–H groups in total. The van der Waals surface area contributed by atoms with Crippen molar-refractivity contribution in [2.24, 2.45) is 0 Å². The van der Waals surface area contributed by atoms with Crippen LogP contribution in [0, 0.1) is 0 Å². The lowest BCUT2D eigenvalue weighted by molar-refractivity contribution is 0.661. The van der Waals surface area contributed by atoms with Crippen LogP contribution in [0.3, 0.4) is 0 Å². The lowest BCUT2D eigenvalue weighted by atomic mass is 9.65. The van der Waals surface area contributed by atoms with E-state index in [0.29, 0.717) is 0 Å². The minimum Gasteiger partial charge on any atom is -0.310 e. The summed E-state index contributed by atoms with van der Waals surface area (Å²) >= 11 is 0. The predicted molar refractivity (Wildman–Crippen MR) is 275 cm³/mol. The van der Waals surface area contributed by atoms with Gasteiger partial charge in [0.15, 0.2) is 0 Å². The summed E-state index contributed by atoms with van der Waals surface area (Å²) in [5.74, 6) is 0. The van der Waals surface area contributed by atoms with E-state index in [1.807, 2.05) is 0 Å². The van der Waals surface area contributed by atoms with Crippen molar-refractivity contribution in [1.29, 1.82) is 0 Å². The Bertz CT molecular complexity index is 3800. The van der Waals surface area contributed by atoms with Crippen molar-refractivity contribution >= 4 is 38.9 Å². The quantitative estimate of drug-likeness (QED) is 0.168. The predicted octanol–water partition coefficient (Wildman–Crippen LogP) is 16.6. The number of hydrogen-bond donors (Lipinski definition) is 0. The fourth-order valence-electron chi connectivity index (χ4n) is 12.5. The molecule has 0 bridgehead atoms. The van der Waals surface area contributed by atoms with Gasteiger partial charge in [0, 0.05) is 27.4 Å². The second-order valence-electron chi connectivity index (χ2n) is 18.8. The number of para-hydroxylation sites is 4. The molecule has 0 fully saturated rings. The zero-order chi connectivity index (χ0) is 43.7. The number of rotatable bonds is 5. The Hall–Kier alpha value is -8.20. The highest BCUT2D eigenvalue weighted by atomic mass is 15.1. The van der Waals surface area contributed by atoms with Crippen molar-refractivity contribution < 1.29 is 0 Å². The first-order valence-electron chi connectivity index (χ1n) is 23.2. The second-order valence-corrected chi connectivity index (χ2v) is 18.8. The van der Waals surface area contributed by atoms with E-state index in [2.05, 4.69) is 254 Å². The molecule has 3 aliphatic rings. The van der Waals surface area contributed by atoms with E-state index in [0.717, 1.165) is 11.4 Å². The van der Waals surface area contributed by atoms with Crippen LogP contribution in [0.4, 0.5) is 17.1 Å². The van der Waals surface area contributed by atoms with E-state index in [1.165, 1.54) is 111 Å². The Morgan fingerprint density at radius 2 is 0.924 bits per heavy atom. The molecule has 2 nitrogen and oxygen atoms in total. The highest BCUT2D eigenvalue weighted by molar-refractivity contribution is 6.13. The monoisotopic (exact) mass is 840 g/mol. The topological polar surface area (TPSA) is 8.17 Å². The van der Waals surface area contributed by atoms with Crippen LogP contribution in [-0.2, 0) is 10.8 Å². The maximum absolute atomic E-state index is 2.54. The van der Waals surface area contributed by atoms with Gasteiger partial charge in [-0.2, -0.15) is 0 Å². The Balaban J connectivity index is 1.03. The molecule has 0 saturated heterocycles. The van der Waals surface area contributed by atoms with Crippen molar-refractivity contribution in [2.45, 2.75) is 24.7 Å². The van der Waals surface area contributed by atoms with Gasteiger partial charge in [-0.1, -0.05) is 202 Å². The third-order valence-corrected chi connectivity index (χ3v) is 15.2. The van der Waals surface area contributed by atoms with Crippen LogP contribution in [0.15, 0.2) is 231 Å². The average molecular weight is 841 g/mol. The molecule has 1 aliphatic heterocycles. The minimum absolute atomic E-state index is 0.219. The first-order valence-corrected chi connectivity index (χ1v) is 23.2. The average Bonchev–Trinajstić information content (AvgIpc) is 3.96. The third-order valence-electron chi connectivity index (χ3n) is 15.2. The highest BCUT2D eigenvalue weighted by Crippen LogP contribution is 2.62. The lowest BCUT2D eigenvalue weighted by Crippen LogP contribution is -2.33. The third kappa shape index (κ3) is 4.85. The summed E-state index contributed by atoms with van der Waals surface area (Å²) in [4.78, 5) is 2.53. The molecule has 1 atom stereocenters. The van der Waals surface area contributed by atoms with E-state index in [1.54, 1.807) is 0 Å². The summed E-state index contributed by atoms with van der Waals surface area (Å²) < 4.78 is 2.53. The molecule has 66 heavy (non-hydrogen) atoms. The molecular formula is C64H44N2.